The molecule has 3 aromatic heterocycles. The van der Waals surface area contributed by atoms with E-state index in [0.29, 0.717) is 27.8 Å². The number of nitrogens with one attached hydrogen (secondary N) is 1. The van der Waals surface area contributed by atoms with Crippen molar-refractivity contribution in [2.24, 2.45) is 0 Å². The van der Waals surface area contributed by atoms with Crippen molar-refractivity contribution in [3.63, 3.8) is 0 Å². The van der Waals surface area contributed by atoms with Gasteiger partial charge in [0.25, 0.3) is 5.91 Å². The number of carbonyl (C=O) groups excluding carboxylic acids is 2. The van der Waals surface area contributed by atoms with Crippen molar-refractivity contribution in [2.45, 2.75) is 40.7 Å². The molecule has 0 aliphatic carbocycles. The molecule has 7 heteroatoms. The second kappa shape index (κ2) is 8.07. The summed E-state index contributed by atoms with van der Waals surface area (Å²) in [6.45, 7) is 9.70. The molecule has 0 fully saturated rings. The van der Waals surface area contributed by atoms with Gasteiger partial charge in [0.15, 0.2) is 11.4 Å². The van der Waals surface area contributed by atoms with Crippen LogP contribution in [0.15, 0.2) is 42.6 Å². The maximum absolute atomic E-state index is 13.3. The lowest BCUT2D eigenvalue weighted by atomic mass is 10.1. The van der Waals surface area contributed by atoms with Crippen molar-refractivity contribution in [1.29, 1.82) is 0 Å². The van der Waals surface area contributed by atoms with Crippen LogP contribution in [0.5, 0.6) is 0 Å². The van der Waals surface area contributed by atoms with Crippen LogP contribution in [0.4, 0.5) is 5.69 Å². The Morgan fingerprint density at radius 2 is 1.90 bits per heavy atom. The Morgan fingerprint density at radius 1 is 1.13 bits per heavy atom. The Kier molecular flexibility index (Phi) is 5.45. The number of fused-ring (bicyclic) bond motifs is 1. The predicted molar refractivity (Wildman–Crippen MR) is 125 cm³/mol. The summed E-state index contributed by atoms with van der Waals surface area (Å²) >= 11 is 1.71. The molecule has 31 heavy (non-hydrogen) atoms. The number of carbonyl (C=O) groups is 2. The fourth-order valence-electron chi connectivity index (χ4n) is 3.62. The third-order valence-electron chi connectivity index (χ3n) is 5.14. The number of ketones is 1. The predicted octanol–water partition coefficient (Wildman–Crippen LogP) is 5.81. The Morgan fingerprint density at radius 3 is 2.55 bits per heavy atom. The number of anilines is 1. The van der Waals surface area contributed by atoms with Gasteiger partial charge in [0.05, 0.1) is 22.8 Å². The summed E-state index contributed by atoms with van der Waals surface area (Å²) in [6.07, 6.45) is 1.69. The number of aromatic nitrogens is 3. The van der Waals surface area contributed by atoms with E-state index in [9.17, 15) is 9.59 Å². The van der Waals surface area contributed by atoms with Crippen molar-refractivity contribution in [2.75, 3.05) is 5.32 Å². The molecule has 0 unspecified atom stereocenters. The van der Waals surface area contributed by atoms with Crippen LogP contribution < -0.4 is 5.32 Å². The zero-order valence-corrected chi connectivity index (χ0v) is 19.0. The minimum atomic E-state index is -0.262. The van der Waals surface area contributed by atoms with Crippen LogP contribution in [0.1, 0.15) is 57.3 Å². The first-order valence-electron chi connectivity index (χ1n) is 10.1. The molecule has 158 valence electrons. The Bertz CT molecular complexity index is 1320. The largest absolute Gasteiger partial charge is 0.322 e. The number of nitrogens with zero attached hydrogens (tertiary/aromatic N) is 3. The second-order valence-corrected chi connectivity index (χ2v) is 9.35. The number of Topliss-reactive ketones (excluding diaryl/α,β-unsaturated/α-hetero) is 1. The smallest absolute Gasteiger partial charge is 0.256 e. The molecule has 4 aromatic rings. The molecule has 1 N–H and O–H groups in total. The summed E-state index contributed by atoms with van der Waals surface area (Å²) in [5, 5.41) is 8.10. The Hall–Kier alpha value is -3.32. The van der Waals surface area contributed by atoms with E-state index in [1.807, 2.05) is 24.6 Å². The molecule has 6 nitrogen and oxygen atoms in total. The van der Waals surface area contributed by atoms with E-state index in [1.54, 1.807) is 41.8 Å². The molecular formula is C24H24N4O2S. The number of aryl methyl sites for hydroxylation is 2. The first kappa shape index (κ1) is 20.9. The zero-order chi connectivity index (χ0) is 22.3. The molecule has 0 saturated heterocycles. The molecule has 0 bridgehead atoms. The fraction of sp³-hybridized carbons (Fsp3) is 0.250. The summed E-state index contributed by atoms with van der Waals surface area (Å²) in [5.74, 6) is -0.312. The Labute approximate surface area is 184 Å². The van der Waals surface area contributed by atoms with Crippen LogP contribution in [0, 0.1) is 13.8 Å². The highest BCUT2D eigenvalue weighted by Gasteiger charge is 2.20. The number of hydrogen-bond acceptors (Lipinski definition) is 5. The van der Waals surface area contributed by atoms with Gasteiger partial charge in [0, 0.05) is 32.6 Å². The normalized spacial score (nSPS) is 11.3. The van der Waals surface area contributed by atoms with Gasteiger partial charge < -0.3 is 5.32 Å². The van der Waals surface area contributed by atoms with Crippen molar-refractivity contribution in [3.8, 4) is 11.3 Å². The lowest BCUT2D eigenvalue weighted by molar-refractivity contribution is 0.101. The summed E-state index contributed by atoms with van der Waals surface area (Å²) in [5.41, 5.74) is 4.08. The van der Waals surface area contributed by atoms with Crippen molar-refractivity contribution >= 4 is 39.7 Å². The summed E-state index contributed by atoms with van der Waals surface area (Å²) in [4.78, 5) is 32.2. The number of pyridine rings is 1. The number of thiophene rings is 1. The molecule has 0 atom stereocenters. The van der Waals surface area contributed by atoms with E-state index < -0.39 is 0 Å². The monoisotopic (exact) mass is 432 g/mol. The van der Waals surface area contributed by atoms with Crippen LogP contribution in [0.3, 0.4) is 0 Å². The standard InChI is InChI=1S/C24H24N4O2S/c1-13(2)28-23-21(12-25-28)20(11-22(27-23)19-9-14(3)31-16(19)5)24(30)26-18-8-6-7-17(10-18)15(4)29/h6-13H,1-5H3,(H,26,30). The van der Waals surface area contributed by atoms with Gasteiger partial charge in [0.2, 0.25) is 0 Å². The lowest BCUT2D eigenvalue weighted by Crippen LogP contribution is -2.14. The topological polar surface area (TPSA) is 76.9 Å². The average Bonchev–Trinajstić information content (AvgIpc) is 3.29. The summed E-state index contributed by atoms with van der Waals surface area (Å²) in [6, 6.07) is 11.0. The second-order valence-electron chi connectivity index (χ2n) is 7.89. The number of hydrogen-bond donors (Lipinski definition) is 1. The molecule has 0 aliphatic heterocycles. The molecular weight excluding hydrogens is 408 g/mol. The number of rotatable bonds is 5. The minimum Gasteiger partial charge on any atom is -0.322 e. The lowest BCUT2D eigenvalue weighted by Gasteiger charge is -2.11. The van der Waals surface area contributed by atoms with Gasteiger partial charge in [0.1, 0.15) is 0 Å². The van der Waals surface area contributed by atoms with Crippen molar-refractivity contribution in [3.05, 3.63) is 63.5 Å². The number of benzene rings is 1. The molecule has 0 radical (unpaired) electrons. The van der Waals surface area contributed by atoms with Gasteiger partial charge in [-0.15, -0.1) is 11.3 Å². The molecule has 1 amide bonds. The van der Waals surface area contributed by atoms with E-state index in [4.69, 9.17) is 4.98 Å². The van der Waals surface area contributed by atoms with Crippen LogP contribution in [-0.2, 0) is 0 Å². The molecule has 0 aliphatic rings. The summed E-state index contributed by atoms with van der Waals surface area (Å²) in [7, 11) is 0. The van der Waals surface area contributed by atoms with Gasteiger partial charge in [-0.25, -0.2) is 9.67 Å². The van der Waals surface area contributed by atoms with E-state index in [-0.39, 0.29) is 17.7 Å². The highest BCUT2D eigenvalue weighted by atomic mass is 32.1. The van der Waals surface area contributed by atoms with Crippen LogP contribution >= 0.6 is 11.3 Å². The minimum absolute atomic E-state index is 0.0498. The Balaban J connectivity index is 1.84. The van der Waals surface area contributed by atoms with Gasteiger partial charge in [-0.3, -0.25) is 9.59 Å². The van der Waals surface area contributed by atoms with Crippen molar-refractivity contribution in [1.82, 2.24) is 14.8 Å². The number of amides is 1. The highest BCUT2D eigenvalue weighted by Crippen LogP contribution is 2.32. The van der Waals surface area contributed by atoms with E-state index >= 15 is 0 Å². The molecule has 4 rings (SSSR count). The fourth-order valence-corrected chi connectivity index (χ4v) is 4.55. The molecule has 0 spiro atoms. The average molecular weight is 433 g/mol. The van der Waals surface area contributed by atoms with Gasteiger partial charge in [-0.05, 0) is 58.9 Å². The van der Waals surface area contributed by atoms with Gasteiger partial charge in [-0.1, -0.05) is 12.1 Å². The van der Waals surface area contributed by atoms with Crippen LogP contribution in [0.2, 0.25) is 0 Å². The van der Waals surface area contributed by atoms with Gasteiger partial charge >= 0.3 is 0 Å². The highest BCUT2D eigenvalue weighted by molar-refractivity contribution is 7.12. The van der Waals surface area contributed by atoms with E-state index in [2.05, 4.69) is 30.3 Å². The zero-order valence-electron chi connectivity index (χ0n) is 18.2. The maximum Gasteiger partial charge on any atom is 0.256 e. The quantitative estimate of drug-likeness (QED) is 0.404. The molecule has 1 aromatic carbocycles. The molecule has 3 heterocycles. The van der Waals surface area contributed by atoms with Gasteiger partial charge in [-0.2, -0.15) is 5.10 Å². The molecule has 0 saturated carbocycles. The summed E-state index contributed by atoms with van der Waals surface area (Å²) < 4.78 is 1.83. The van der Waals surface area contributed by atoms with E-state index in [1.165, 1.54) is 11.8 Å². The first-order valence-corrected chi connectivity index (χ1v) is 10.9. The van der Waals surface area contributed by atoms with Crippen molar-refractivity contribution < 1.29 is 9.59 Å². The third-order valence-corrected chi connectivity index (χ3v) is 6.11. The van der Waals surface area contributed by atoms with E-state index in [0.717, 1.165) is 16.1 Å². The first-order chi connectivity index (χ1) is 14.7. The third kappa shape index (κ3) is 4.01. The van der Waals surface area contributed by atoms with Crippen LogP contribution in [-0.4, -0.2) is 26.5 Å². The van der Waals surface area contributed by atoms with Crippen LogP contribution in [0.25, 0.3) is 22.3 Å². The SMILES string of the molecule is CC(=O)c1cccc(NC(=O)c2cc(-c3cc(C)sc3C)nc3c2cnn3C(C)C)c1. The maximum atomic E-state index is 13.3.